The molecular formula is C11H16N2O. The molecule has 2 heterocycles. The first-order chi connectivity index (χ1) is 6.79. The number of hydrogen-bond donors (Lipinski definition) is 2. The summed E-state index contributed by atoms with van der Waals surface area (Å²) >= 11 is 0. The van der Waals surface area contributed by atoms with E-state index in [-0.39, 0.29) is 6.61 Å². The monoisotopic (exact) mass is 192 g/mol. The third-order valence-corrected chi connectivity index (χ3v) is 2.82. The predicted octanol–water partition coefficient (Wildman–Crippen LogP) is 1.03. The summed E-state index contributed by atoms with van der Waals surface area (Å²) in [5.74, 6) is 0.404. The predicted molar refractivity (Wildman–Crippen MR) is 54.9 cm³/mol. The van der Waals surface area contributed by atoms with Gasteiger partial charge in [-0.1, -0.05) is 6.07 Å². The third kappa shape index (κ3) is 1.94. The highest BCUT2D eigenvalue weighted by molar-refractivity contribution is 5.18. The van der Waals surface area contributed by atoms with Gasteiger partial charge in [-0.15, -0.1) is 0 Å². The smallest absolute Gasteiger partial charge is 0.0472 e. The van der Waals surface area contributed by atoms with Crippen LogP contribution in [0.3, 0.4) is 0 Å². The van der Waals surface area contributed by atoms with Gasteiger partial charge in [0, 0.05) is 31.1 Å². The van der Waals surface area contributed by atoms with E-state index in [9.17, 15) is 0 Å². The first-order valence-electron chi connectivity index (χ1n) is 5.06. The van der Waals surface area contributed by atoms with E-state index in [0.717, 1.165) is 18.7 Å². The van der Waals surface area contributed by atoms with Gasteiger partial charge in [-0.2, -0.15) is 0 Å². The van der Waals surface area contributed by atoms with E-state index in [0.29, 0.717) is 12.0 Å². The molecule has 3 heteroatoms. The summed E-state index contributed by atoms with van der Waals surface area (Å²) in [7, 11) is 0. The minimum absolute atomic E-state index is 0.281. The third-order valence-electron chi connectivity index (χ3n) is 2.82. The van der Waals surface area contributed by atoms with E-state index in [2.05, 4.69) is 16.4 Å². The highest BCUT2D eigenvalue weighted by Crippen LogP contribution is 2.26. The van der Waals surface area contributed by atoms with Crippen LogP contribution in [-0.2, 0) is 0 Å². The summed E-state index contributed by atoms with van der Waals surface area (Å²) in [5.41, 5.74) is 2.28. The van der Waals surface area contributed by atoms with Crippen molar-refractivity contribution in [3.05, 3.63) is 29.6 Å². The number of pyridine rings is 1. The number of hydrogen-bond acceptors (Lipinski definition) is 3. The lowest BCUT2D eigenvalue weighted by molar-refractivity contribution is 0.236. The summed E-state index contributed by atoms with van der Waals surface area (Å²) in [5, 5.41) is 12.4. The van der Waals surface area contributed by atoms with Crippen molar-refractivity contribution in [2.24, 2.45) is 5.92 Å². The van der Waals surface area contributed by atoms with Gasteiger partial charge >= 0.3 is 0 Å². The average Bonchev–Trinajstić information content (AvgIpc) is 2.67. The molecule has 1 aromatic rings. The van der Waals surface area contributed by atoms with E-state index < -0.39 is 0 Å². The standard InChI is InChI=1S/C11H16N2O/c1-8-2-3-10(6-12-8)11-4-9(7-14)5-13-11/h2-3,6,9,11,13-14H,4-5,7H2,1H3. The van der Waals surface area contributed by atoms with Crippen molar-refractivity contribution in [3.8, 4) is 0 Å². The molecule has 3 nitrogen and oxygen atoms in total. The summed E-state index contributed by atoms with van der Waals surface area (Å²) in [6.07, 6.45) is 2.94. The van der Waals surface area contributed by atoms with Crippen LogP contribution in [0.1, 0.15) is 23.7 Å². The maximum Gasteiger partial charge on any atom is 0.0472 e. The number of nitrogens with one attached hydrogen (secondary N) is 1. The van der Waals surface area contributed by atoms with Crippen LogP contribution in [0, 0.1) is 12.8 Å². The van der Waals surface area contributed by atoms with Crippen LogP contribution in [-0.4, -0.2) is 23.2 Å². The van der Waals surface area contributed by atoms with Crippen LogP contribution in [0.25, 0.3) is 0 Å². The normalized spacial score (nSPS) is 26.7. The Labute approximate surface area is 84.2 Å². The van der Waals surface area contributed by atoms with Crippen LogP contribution in [0.4, 0.5) is 0 Å². The fraction of sp³-hybridized carbons (Fsp3) is 0.545. The molecule has 2 atom stereocenters. The Morgan fingerprint density at radius 3 is 3.00 bits per heavy atom. The van der Waals surface area contributed by atoms with E-state index >= 15 is 0 Å². The van der Waals surface area contributed by atoms with Crippen LogP contribution in [0.2, 0.25) is 0 Å². The van der Waals surface area contributed by atoms with Crippen molar-refractivity contribution in [3.63, 3.8) is 0 Å². The van der Waals surface area contributed by atoms with E-state index in [4.69, 9.17) is 5.11 Å². The first-order valence-corrected chi connectivity index (χ1v) is 5.06. The number of aliphatic hydroxyl groups is 1. The second-order valence-corrected chi connectivity index (χ2v) is 3.98. The Balaban J connectivity index is 2.06. The summed E-state index contributed by atoms with van der Waals surface area (Å²) in [6, 6.07) is 4.52. The van der Waals surface area contributed by atoms with Gasteiger partial charge in [0.15, 0.2) is 0 Å². The van der Waals surface area contributed by atoms with Crippen LogP contribution >= 0.6 is 0 Å². The van der Waals surface area contributed by atoms with Gasteiger partial charge in [-0.25, -0.2) is 0 Å². The molecule has 1 saturated heterocycles. The minimum Gasteiger partial charge on any atom is -0.396 e. The zero-order valence-electron chi connectivity index (χ0n) is 8.40. The van der Waals surface area contributed by atoms with Gasteiger partial charge in [-0.05, 0) is 30.9 Å². The van der Waals surface area contributed by atoms with Crippen molar-refractivity contribution in [1.82, 2.24) is 10.3 Å². The lowest BCUT2D eigenvalue weighted by atomic mass is 10.0. The van der Waals surface area contributed by atoms with Gasteiger partial charge < -0.3 is 10.4 Å². The molecule has 0 radical (unpaired) electrons. The molecule has 1 aromatic heterocycles. The SMILES string of the molecule is Cc1ccc(C2CC(CO)CN2)cn1. The maximum atomic E-state index is 9.02. The molecule has 0 aliphatic carbocycles. The molecule has 14 heavy (non-hydrogen) atoms. The molecule has 0 aromatic carbocycles. The Morgan fingerprint density at radius 1 is 1.57 bits per heavy atom. The van der Waals surface area contributed by atoms with Crippen LogP contribution in [0.15, 0.2) is 18.3 Å². The Hall–Kier alpha value is -0.930. The number of nitrogens with zero attached hydrogens (tertiary/aromatic N) is 1. The summed E-state index contributed by atoms with van der Waals surface area (Å²) < 4.78 is 0. The van der Waals surface area contributed by atoms with Gasteiger partial charge in [-0.3, -0.25) is 4.98 Å². The molecule has 1 aliphatic heterocycles. The molecule has 0 spiro atoms. The van der Waals surface area contributed by atoms with Crippen molar-refractivity contribution < 1.29 is 5.11 Å². The van der Waals surface area contributed by atoms with Gasteiger partial charge in [0.1, 0.15) is 0 Å². The zero-order valence-corrected chi connectivity index (χ0v) is 8.40. The fourth-order valence-electron chi connectivity index (χ4n) is 1.89. The largest absolute Gasteiger partial charge is 0.396 e. The molecule has 1 fully saturated rings. The second kappa shape index (κ2) is 4.07. The molecule has 2 rings (SSSR count). The van der Waals surface area contributed by atoms with Crippen molar-refractivity contribution in [1.29, 1.82) is 0 Å². The molecule has 0 bridgehead atoms. The lowest BCUT2D eigenvalue weighted by Crippen LogP contribution is -2.14. The minimum atomic E-state index is 0.281. The van der Waals surface area contributed by atoms with Crippen molar-refractivity contribution in [2.75, 3.05) is 13.2 Å². The molecule has 0 amide bonds. The van der Waals surface area contributed by atoms with Crippen LogP contribution < -0.4 is 5.32 Å². The number of aromatic nitrogens is 1. The first kappa shape index (κ1) is 9.62. The lowest BCUT2D eigenvalue weighted by Gasteiger charge is -2.10. The van der Waals surface area contributed by atoms with Gasteiger partial charge in [0.25, 0.3) is 0 Å². The summed E-state index contributed by atoms with van der Waals surface area (Å²) in [6.45, 7) is 3.18. The zero-order chi connectivity index (χ0) is 9.97. The molecular weight excluding hydrogens is 176 g/mol. The molecule has 2 unspecified atom stereocenters. The molecule has 1 aliphatic rings. The molecule has 2 N–H and O–H groups in total. The van der Waals surface area contributed by atoms with Crippen molar-refractivity contribution >= 4 is 0 Å². The maximum absolute atomic E-state index is 9.02. The van der Waals surface area contributed by atoms with E-state index in [1.807, 2.05) is 19.2 Å². The Bertz CT molecular complexity index is 297. The number of rotatable bonds is 2. The second-order valence-electron chi connectivity index (χ2n) is 3.98. The molecule has 0 saturated carbocycles. The average molecular weight is 192 g/mol. The Morgan fingerprint density at radius 2 is 2.43 bits per heavy atom. The number of aryl methyl sites for hydroxylation is 1. The number of aliphatic hydroxyl groups excluding tert-OH is 1. The van der Waals surface area contributed by atoms with E-state index in [1.54, 1.807) is 0 Å². The molecule has 76 valence electrons. The topological polar surface area (TPSA) is 45.1 Å². The fourth-order valence-corrected chi connectivity index (χ4v) is 1.89. The van der Waals surface area contributed by atoms with Gasteiger partial charge in [0.2, 0.25) is 0 Å². The highest BCUT2D eigenvalue weighted by atomic mass is 16.3. The summed E-state index contributed by atoms with van der Waals surface area (Å²) in [4.78, 5) is 4.27. The van der Waals surface area contributed by atoms with Crippen molar-refractivity contribution in [2.45, 2.75) is 19.4 Å². The Kier molecular flexibility index (Phi) is 2.79. The van der Waals surface area contributed by atoms with E-state index in [1.165, 1.54) is 5.56 Å². The highest BCUT2D eigenvalue weighted by Gasteiger charge is 2.24. The van der Waals surface area contributed by atoms with Crippen LogP contribution in [0.5, 0.6) is 0 Å². The quantitative estimate of drug-likeness (QED) is 0.735. The van der Waals surface area contributed by atoms with Gasteiger partial charge in [0.05, 0.1) is 0 Å².